The average Bonchev–Trinajstić information content (AvgIpc) is 2.86. The van der Waals surface area contributed by atoms with Crippen LogP contribution in [0.5, 0.6) is 0 Å². The Morgan fingerprint density at radius 2 is 2.11 bits per heavy atom. The Hall–Kier alpha value is -2.18. The molecule has 0 amide bonds. The summed E-state index contributed by atoms with van der Waals surface area (Å²) in [6, 6.07) is 10.1. The highest BCUT2D eigenvalue weighted by Crippen LogP contribution is 2.25. The van der Waals surface area contributed by atoms with Crippen LogP contribution < -0.4 is 16.6 Å². The minimum absolute atomic E-state index is 0.386. The third-order valence-electron chi connectivity index (χ3n) is 2.51. The molecule has 0 radical (unpaired) electrons. The fourth-order valence-corrected chi connectivity index (χ4v) is 2.46. The van der Waals surface area contributed by atoms with Gasteiger partial charge in [0.05, 0.1) is 0 Å². The number of nitrogen functional groups attached to an aromatic ring is 1. The van der Waals surface area contributed by atoms with Gasteiger partial charge in [0, 0.05) is 16.6 Å². The van der Waals surface area contributed by atoms with Gasteiger partial charge in [0.15, 0.2) is 0 Å². The smallest absolute Gasteiger partial charge is 0.239 e. The molecule has 0 saturated carbocycles. The number of nitrogens with two attached hydrogens (primary N) is 1. The molecule has 90 valence electrons. The van der Waals surface area contributed by atoms with Crippen LogP contribution in [0.3, 0.4) is 0 Å². The molecule has 2 heterocycles. The molecule has 0 saturated heterocycles. The first kappa shape index (κ1) is 10.9. The van der Waals surface area contributed by atoms with Gasteiger partial charge in [0.1, 0.15) is 5.82 Å². The number of nitrogens with zero attached hydrogens (tertiary/aromatic N) is 2. The van der Waals surface area contributed by atoms with E-state index in [2.05, 4.69) is 44.3 Å². The van der Waals surface area contributed by atoms with Crippen LogP contribution in [0.15, 0.2) is 41.9 Å². The number of aromatic nitrogens is 2. The van der Waals surface area contributed by atoms with Crippen LogP contribution >= 0.6 is 11.3 Å². The molecule has 0 bridgehead atoms. The van der Waals surface area contributed by atoms with Gasteiger partial charge in [-0.25, -0.2) is 10.8 Å². The maximum absolute atomic E-state index is 5.27. The summed E-state index contributed by atoms with van der Waals surface area (Å²) in [5.74, 6) is 6.36. The first-order valence-electron chi connectivity index (χ1n) is 5.39. The van der Waals surface area contributed by atoms with Crippen LogP contribution in [0.1, 0.15) is 0 Å². The molecule has 3 rings (SSSR count). The predicted molar refractivity (Wildman–Crippen MR) is 74.9 cm³/mol. The first-order chi connectivity index (χ1) is 8.85. The summed E-state index contributed by atoms with van der Waals surface area (Å²) >= 11 is 1.73. The molecule has 0 atom stereocenters. The minimum atomic E-state index is 0.386. The van der Waals surface area contributed by atoms with E-state index in [1.165, 1.54) is 10.1 Å². The van der Waals surface area contributed by atoms with Crippen LogP contribution in [0, 0.1) is 0 Å². The second-order valence-electron chi connectivity index (χ2n) is 3.71. The summed E-state index contributed by atoms with van der Waals surface area (Å²) in [4.78, 5) is 8.15. The number of hydrogen-bond donors (Lipinski definition) is 3. The van der Waals surface area contributed by atoms with Crippen molar-refractivity contribution in [3.8, 4) is 0 Å². The van der Waals surface area contributed by atoms with Crippen molar-refractivity contribution in [3.63, 3.8) is 0 Å². The van der Waals surface area contributed by atoms with Crippen molar-refractivity contribution >= 4 is 38.9 Å². The number of rotatable bonds is 3. The lowest BCUT2D eigenvalue weighted by Gasteiger charge is -2.06. The van der Waals surface area contributed by atoms with Gasteiger partial charge in [0.2, 0.25) is 5.95 Å². The molecule has 3 aromatic rings. The Labute approximate surface area is 108 Å². The summed E-state index contributed by atoms with van der Waals surface area (Å²) in [6.07, 6.45) is 1.65. The van der Waals surface area contributed by atoms with Crippen molar-refractivity contribution in [2.75, 3.05) is 10.7 Å². The number of hydrazine groups is 1. The van der Waals surface area contributed by atoms with Gasteiger partial charge in [-0.05, 0) is 41.1 Å². The van der Waals surface area contributed by atoms with Gasteiger partial charge in [-0.1, -0.05) is 0 Å². The van der Waals surface area contributed by atoms with Gasteiger partial charge >= 0.3 is 0 Å². The summed E-state index contributed by atoms with van der Waals surface area (Å²) in [7, 11) is 0. The maximum Gasteiger partial charge on any atom is 0.239 e. The molecule has 0 spiro atoms. The Morgan fingerprint density at radius 3 is 3.00 bits per heavy atom. The lowest BCUT2D eigenvalue weighted by molar-refractivity contribution is 1.12. The number of hydrogen-bond acceptors (Lipinski definition) is 6. The second-order valence-corrected chi connectivity index (χ2v) is 4.66. The number of fused-ring (bicyclic) bond motifs is 1. The topological polar surface area (TPSA) is 75.9 Å². The molecule has 5 nitrogen and oxygen atoms in total. The van der Waals surface area contributed by atoms with E-state index < -0.39 is 0 Å². The van der Waals surface area contributed by atoms with Crippen LogP contribution in [0.4, 0.5) is 17.5 Å². The Morgan fingerprint density at radius 1 is 1.17 bits per heavy atom. The van der Waals surface area contributed by atoms with Crippen LogP contribution in [-0.2, 0) is 0 Å². The van der Waals surface area contributed by atoms with E-state index in [1.807, 2.05) is 6.07 Å². The summed E-state index contributed by atoms with van der Waals surface area (Å²) in [6.45, 7) is 0. The third kappa shape index (κ3) is 2.11. The van der Waals surface area contributed by atoms with Crippen LogP contribution in [0.25, 0.3) is 10.1 Å². The highest BCUT2D eigenvalue weighted by Gasteiger charge is 2.00. The molecule has 4 N–H and O–H groups in total. The largest absolute Gasteiger partial charge is 0.340 e. The molecule has 18 heavy (non-hydrogen) atoms. The van der Waals surface area contributed by atoms with Gasteiger partial charge in [-0.15, -0.1) is 11.3 Å². The molecular formula is C12H11N5S. The van der Waals surface area contributed by atoms with E-state index in [4.69, 9.17) is 5.84 Å². The van der Waals surface area contributed by atoms with Gasteiger partial charge in [-0.3, -0.25) is 5.43 Å². The summed E-state index contributed by atoms with van der Waals surface area (Å²) < 4.78 is 1.27. The van der Waals surface area contributed by atoms with Crippen molar-refractivity contribution in [2.45, 2.75) is 0 Å². The number of benzene rings is 1. The van der Waals surface area contributed by atoms with E-state index in [1.54, 1.807) is 23.6 Å². The lowest BCUT2D eigenvalue weighted by Crippen LogP contribution is -2.10. The molecular weight excluding hydrogens is 246 g/mol. The molecule has 0 aliphatic heterocycles. The highest BCUT2D eigenvalue weighted by molar-refractivity contribution is 7.17. The lowest BCUT2D eigenvalue weighted by atomic mass is 10.2. The van der Waals surface area contributed by atoms with Crippen molar-refractivity contribution < 1.29 is 0 Å². The van der Waals surface area contributed by atoms with Gasteiger partial charge in [0.25, 0.3) is 0 Å². The normalized spacial score (nSPS) is 10.5. The zero-order chi connectivity index (χ0) is 12.4. The quantitative estimate of drug-likeness (QED) is 0.497. The van der Waals surface area contributed by atoms with Crippen LogP contribution in [-0.4, -0.2) is 9.97 Å². The zero-order valence-corrected chi connectivity index (χ0v) is 10.2. The van der Waals surface area contributed by atoms with Crippen LogP contribution in [0.2, 0.25) is 0 Å². The average molecular weight is 257 g/mol. The standard InChI is InChI=1S/C12H11N5S/c13-17-12-14-5-3-11(16-12)15-9-1-2-10-8(7-9)4-6-18-10/h1-7H,13H2,(H2,14,15,16,17). The fourth-order valence-electron chi connectivity index (χ4n) is 1.69. The minimum Gasteiger partial charge on any atom is -0.340 e. The van der Waals surface area contributed by atoms with E-state index in [0.717, 1.165) is 5.69 Å². The molecule has 0 aliphatic carbocycles. The van der Waals surface area contributed by atoms with Crippen molar-refractivity contribution in [2.24, 2.45) is 5.84 Å². The Kier molecular flexibility index (Phi) is 2.79. The molecule has 0 aliphatic rings. The van der Waals surface area contributed by atoms with Gasteiger partial charge < -0.3 is 5.32 Å². The molecule has 1 aromatic carbocycles. The Balaban J connectivity index is 1.90. The Bertz CT molecular complexity index is 679. The molecule has 6 heteroatoms. The van der Waals surface area contributed by atoms with E-state index in [0.29, 0.717) is 11.8 Å². The summed E-state index contributed by atoms with van der Waals surface area (Å²) in [5.41, 5.74) is 3.41. The van der Waals surface area contributed by atoms with Crippen molar-refractivity contribution in [3.05, 3.63) is 41.9 Å². The molecule has 0 fully saturated rings. The maximum atomic E-state index is 5.27. The highest BCUT2D eigenvalue weighted by atomic mass is 32.1. The number of anilines is 3. The van der Waals surface area contributed by atoms with E-state index in [-0.39, 0.29) is 0 Å². The van der Waals surface area contributed by atoms with Crippen molar-refractivity contribution in [1.29, 1.82) is 0 Å². The zero-order valence-electron chi connectivity index (χ0n) is 9.42. The monoisotopic (exact) mass is 257 g/mol. The second kappa shape index (κ2) is 4.59. The molecule has 2 aromatic heterocycles. The number of nitrogens with one attached hydrogen (secondary N) is 2. The predicted octanol–water partition coefficient (Wildman–Crippen LogP) is 2.72. The van der Waals surface area contributed by atoms with E-state index in [9.17, 15) is 0 Å². The SMILES string of the molecule is NNc1nccc(Nc2ccc3sccc3c2)n1. The van der Waals surface area contributed by atoms with E-state index >= 15 is 0 Å². The fraction of sp³-hybridized carbons (Fsp3) is 0. The third-order valence-corrected chi connectivity index (χ3v) is 3.41. The molecule has 0 unspecified atom stereocenters. The number of thiophene rings is 1. The van der Waals surface area contributed by atoms with Crippen molar-refractivity contribution in [1.82, 2.24) is 9.97 Å². The first-order valence-corrected chi connectivity index (χ1v) is 6.27. The summed E-state index contributed by atoms with van der Waals surface area (Å²) in [5, 5.41) is 6.52. The van der Waals surface area contributed by atoms with Gasteiger partial charge in [-0.2, -0.15) is 4.98 Å².